The second kappa shape index (κ2) is 4.89. The number of phenolic OH excluding ortho intramolecular Hbond substituents is 1. The number of rotatable bonds is 3. The van der Waals surface area contributed by atoms with Crippen molar-refractivity contribution in [3.05, 3.63) is 28.7 Å². The van der Waals surface area contributed by atoms with Crippen LogP contribution >= 0.6 is 0 Å². The fourth-order valence-electron chi connectivity index (χ4n) is 1.17. The molecule has 0 saturated carbocycles. The number of nitrogens with zero attached hydrogens (tertiary/aromatic N) is 1. The smallest absolute Gasteiger partial charge is 0.185 e. The van der Waals surface area contributed by atoms with Crippen molar-refractivity contribution < 1.29 is 18.3 Å². The Morgan fingerprint density at radius 3 is 2.59 bits per heavy atom. The minimum atomic E-state index is -3.55. The molecule has 1 rings (SSSR count). The lowest BCUT2D eigenvalue weighted by atomic mass is 10.2. The zero-order valence-electron chi connectivity index (χ0n) is 9.34. The predicted octanol–water partition coefficient (Wildman–Crippen LogP) is 1.31. The fraction of sp³-hybridized carbons (Fsp3) is 0.182. The van der Waals surface area contributed by atoms with Gasteiger partial charge in [0.05, 0.1) is 7.11 Å². The van der Waals surface area contributed by atoms with Gasteiger partial charge in [0.2, 0.25) is 0 Å². The maximum Gasteiger partial charge on any atom is 0.185 e. The molecule has 1 N–H and O–H groups in total. The molecule has 0 spiro atoms. The molecule has 0 unspecified atom stereocenters. The third kappa shape index (κ3) is 3.23. The first-order valence-corrected chi connectivity index (χ1v) is 6.46. The number of hydrogen-bond acceptors (Lipinski definition) is 5. The first kappa shape index (κ1) is 13.1. The van der Waals surface area contributed by atoms with Gasteiger partial charge in [-0.2, -0.15) is 5.26 Å². The molecule has 0 bridgehead atoms. The molecule has 0 radical (unpaired) electrons. The van der Waals surface area contributed by atoms with E-state index in [0.717, 1.165) is 6.26 Å². The monoisotopic (exact) mass is 253 g/mol. The van der Waals surface area contributed by atoms with Gasteiger partial charge in [0, 0.05) is 6.26 Å². The molecule has 0 fully saturated rings. The van der Waals surface area contributed by atoms with Crippen LogP contribution < -0.4 is 4.74 Å². The van der Waals surface area contributed by atoms with Gasteiger partial charge < -0.3 is 9.84 Å². The summed E-state index contributed by atoms with van der Waals surface area (Å²) in [6.07, 6.45) is 2.14. The van der Waals surface area contributed by atoms with Crippen LogP contribution in [0.2, 0.25) is 0 Å². The average Bonchev–Trinajstić information content (AvgIpc) is 2.24. The third-order valence-electron chi connectivity index (χ3n) is 2.01. The summed E-state index contributed by atoms with van der Waals surface area (Å²) < 4.78 is 27.2. The Hall–Kier alpha value is -2.00. The van der Waals surface area contributed by atoms with Crippen molar-refractivity contribution in [2.75, 3.05) is 13.4 Å². The first-order valence-electron chi connectivity index (χ1n) is 4.57. The summed E-state index contributed by atoms with van der Waals surface area (Å²) in [4.78, 5) is -0.359. The quantitative estimate of drug-likeness (QED) is 0.820. The molecule has 1 aromatic rings. The lowest BCUT2D eigenvalue weighted by Gasteiger charge is -2.03. The highest BCUT2D eigenvalue weighted by Gasteiger charge is 2.11. The van der Waals surface area contributed by atoms with Gasteiger partial charge in [-0.15, -0.1) is 0 Å². The molecule has 90 valence electrons. The molecule has 6 heteroatoms. The Labute approximate surface area is 99.5 Å². The van der Waals surface area contributed by atoms with Crippen LogP contribution in [0.25, 0.3) is 6.08 Å². The van der Waals surface area contributed by atoms with E-state index in [1.807, 2.05) is 0 Å². The summed E-state index contributed by atoms with van der Waals surface area (Å²) in [5.41, 5.74) is 0.408. The molecule has 1 aromatic carbocycles. The Morgan fingerprint density at radius 2 is 2.18 bits per heavy atom. The van der Waals surface area contributed by atoms with E-state index in [9.17, 15) is 13.5 Å². The summed E-state index contributed by atoms with van der Waals surface area (Å²) in [7, 11) is -2.15. The number of allylic oxidation sites excluding steroid dienone is 1. The molecule has 17 heavy (non-hydrogen) atoms. The Bertz CT molecular complexity index is 596. The minimum absolute atomic E-state index is 0.118. The number of methoxy groups -OCH3 is 1. The molecule has 0 aliphatic carbocycles. The van der Waals surface area contributed by atoms with Crippen molar-refractivity contribution >= 4 is 15.9 Å². The van der Waals surface area contributed by atoms with Crippen LogP contribution in [0.1, 0.15) is 5.56 Å². The lowest BCUT2D eigenvalue weighted by molar-refractivity contribution is 0.373. The summed E-state index contributed by atoms with van der Waals surface area (Å²) in [6, 6.07) is 5.95. The largest absolute Gasteiger partial charge is 0.504 e. The van der Waals surface area contributed by atoms with E-state index in [1.165, 1.54) is 25.3 Å². The molecular formula is C11H11NO4S. The maximum absolute atomic E-state index is 11.2. The second-order valence-electron chi connectivity index (χ2n) is 3.32. The minimum Gasteiger partial charge on any atom is -0.504 e. The van der Waals surface area contributed by atoms with Crippen LogP contribution in [0.3, 0.4) is 0 Å². The number of nitriles is 1. The summed E-state index contributed by atoms with van der Waals surface area (Å²) >= 11 is 0. The topological polar surface area (TPSA) is 87.4 Å². The normalized spacial score (nSPS) is 11.9. The number of aromatic hydroxyl groups is 1. The lowest BCUT2D eigenvalue weighted by Crippen LogP contribution is -1.98. The SMILES string of the molecule is COc1ccc(/C=C(/C#N)S(C)(=O)=O)cc1O. The molecule has 0 heterocycles. The number of benzene rings is 1. The molecule has 0 aliphatic heterocycles. The van der Waals surface area contributed by atoms with Gasteiger partial charge in [-0.05, 0) is 23.8 Å². The zero-order chi connectivity index (χ0) is 13.1. The summed E-state index contributed by atoms with van der Waals surface area (Å²) in [5.74, 6) is 0.159. The van der Waals surface area contributed by atoms with E-state index in [0.29, 0.717) is 5.56 Å². The van der Waals surface area contributed by atoms with Crippen molar-refractivity contribution in [1.29, 1.82) is 5.26 Å². The summed E-state index contributed by atoms with van der Waals surface area (Å²) in [6.45, 7) is 0. The van der Waals surface area contributed by atoms with E-state index in [2.05, 4.69) is 0 Å². The third-order valence-corrected chi connectivity index (χ3v) is 3.02. The molecule has 5 nitrogen and oxygen atoms in total. The fourth-order valence-corrected chi connectivity index (χ4v) is 1.69. The van der Waals surface area contributed by atoms with E-state index in [4.69, 9.17) is 10.00 Å². The number of sulfone groups is 1. The zero-order valence-corrected chi connectivity index (χ0v) is 10.2. The van der Waals surface area contributed by atoms with Gasteiger partial charge in [0.1, 0.15) is 11.0 Å². The van der Waals surface area contributed by atoms with Crippen molar-refractivity contribution in [1.82, 2.24) is 0 Å². The van der Waals surface area contributed by atoms with E-state index >= 15 is 0 Å². The van der Waals surface area contributed by atoms with Crippen molar-refractivity contribution in [3.8, 4) is 17.6 Å². The Balaban J connectivity index is 3.24. The van der Waals surface area contributed by atoms with E-state index < -0.39 is 9.84 Å². The standard InChI is InChI=1S/C11H11NO4S/c1-16-11-4-3-8(6-10(11)13)5-9(7-12)17(2,14)15/h3-6,13H,1-2H3/b9-5-. The highest BCUT2D eigenvalue weighted by molar-refractivity contribution is 7.95. The molecule has 0 amide bonds. The predicted molar refractivity (Wildman–Crippen MR) is 63.1 cm³/mol. The molecule has 0 aliphatic rings. The highest BCUT2D eigenvalue weighted by Crippen LogP contribution is 2.27. The van der Waals surface area contributed by atoms with Crippen LogP contribution in [0.15, 0.2) is 23.1 Å². The molecule has 0 atom stereocenters. The van der Waals surface area contributed by atoms with E-state index in [1.54, 1.807) is 12.1 Å². The second-order valence-corrected chi connectivity index (χ2v) is 5.31. The number of hydrogen-bond donors (Lipinski definition) is 1. The van der Waals surface area contributed by atoms with Crippen LogP contribution in [-0.4, -0.2) is 26.9 Å². The van der Waals surface area contributed by atoms with Gasteiger partial charge in [0.25, 0.3) is 0 Å². The maximum atomic E-state index is 11.2. The Morgan fingerprint density at radius 1 is 1.53 bits per heavy atom. The van der Waals surface area contributed by atoms with Gasteiger partial charge in [-0.3, -0.25) is 0 Å². The molecule has 0 saturated heterocycles. The first-order chi connectivity index (χ1) is 7.88. The van der Waals surface area contributed by atoms with Crippen LogP contribution in [0.5, 0.6) is 11.5 Å². The summed E-state index contributed by atoms with van der Waals surface area (Å²) in [5, 5.41) is 18.2. The van der Waals surface area contributed by atoms with Crippen molar-refractivity contribution in [3.63, 3.8) is 0 Å². The van der Waals surface area contributed by atoms with Crippen molar-refractivity contribution in [2.45, 2.75) is 0 Å². The number of ether oxygens (including phenoxy) is 1. The van der Waals surface area contributed by atoms with Gasteiger partial charge >= 0.3 is 0 Å². The van der Waals surface area contributed by atoms with Gasteiger partial charge in [-0.25, -0.2) is 8.42 Å². The van der Waals surface area contributed by atoms with Crippen LogP contribution in [0, 0.1) is 11.3 Å². The average molecular weight is 253 g/mol. The highest BCUT2D eigenvalue weighted by atomic mass is 32.2. The molecular weight excluding hydrogens is 242 g/mol. The van der Waals surface area contributed by atoms with Crippen LogP contribution in [0.4, 0.5) is 0 Å². The van der Waals surface area contributed by atoms with E-state index in [-0.39, 0.29) is 16.4 Å². The Kier molecular flexibility index (Phi) is 3.76. The van der Waals surface area contributed by atoms with Crippen LogP contribution in [-0.2, 0) is 9.84 Å². The number of phenols is 1. The van der Waals surface area contributed by atoms with Gasteiger partial charge in [0.15, 0.2) is 21.3 Å². The molecule has 0 aromatic heterocycles. The van der Waals surface area contributed by atoms with Crippen molar-refractivity contribution in [2.24, 2.45) is 0 Å². The van der Waals surface area contributed by atoms with Gasteiger partial charge in [-0.1, -0.05) is 6.07 Å².